The molecule has 4 aromatic rings. The van der Waals surface area contributed by atoms with E-state index in [1.165, 1.54) is 16.5 Å². The summed E-state index contributed by atoms with van der Waals surface area (Å²) in [7, 11) is 2.08. The van der Waals surface area contributed by atoms with Gasteiger partial charge in [-0.05, 0) is 23.1 Å². The summed E-state index contributed by atoms with van der Waals surface area (Å²) >= 11 is 1.60. The van der Waals surface area contributed by atoms with E-state index < -0.39 is 0 Å². The Balaban J connectivity index is 1.43. The zero-order valence-electron chi connectivity index (χ0n) is 15.1. The number of benzene rings is 1. The van der Waals surface area contributed by atoms with E-state index in [-0.39, 0.29) is 5.56 Å². The van der Waals surface area contributed by atoms with Crippen molar-refractivity contribution in [2.75, 3.05) is 6.54 Å². The molecule has 5 nitrogen and oxygen atoms in total. The molecule has 1 aliphatic rings. The zero-order chi connectivity index (χ0) is 18.4. The lowest BCUT2D eigenvalue weighted by atomic mass is 10.1. The van der Waals surface area contributed by atoms with E-state index in [0.29, 0.717) is 12.4 Å². The molecule has 1 aliphatic heterocycles. The van der Waals surface area contributed by atoms with Gasteiger partial charge in [-0.15, -0.1) is 11.3 Å². The molecule has 3 aromatic heterocycles. The molecule has 0 unspecified atom stereocenters. The summed E-state index contributed by atoms with van der Waals surface area (Å²) in [6.45, 7) is 2.40. The summed E-state index contributed by atoms with van der Waals surface area (Å²) in [5.41, 5.74) is 4.28. The van der Waals surface area contributed by atoms with Gasteiger partial charge in [-0.2, -0.15) is 0 Å². The molecule has 6 heteroatoms. The third kappa shape index (κ3) is 2.91. The minimum absolute atomic E-state index is 0.00832. The Kier molecular flexibility index (Phi) is 3.95. The number of H-pyrrole nitrogens is 1. The van der Waals surface area contributed by atoms with Crippen molar-refractivity contribution in [2.45, 2.75) is 19.5 Å². The molecular weight excluding hydrogens is 356 g/mol. The summed E-state index contributed by atoms with van der Waals surface area (Å²) in [6, 6.07) is 12.4. The molecule has 0 amide bonds. The molecule has 4 heterocycles. The number of aryl methyl sites for hydroxylation is 1. The molecule has 1 aromatic carbocycles. The van der Waals surface area contributed by atoms with E-state index >= 15 is 0 Å². The summed E-state index contributed by atoms with van der Waals surface area (Å²) < 4.78 is 2.17. The Morgan fingerprint density at radius 2 is 2.11 bits per heavy atom. The van der Waals surface area contributed by atoms with E-state index in [2.05, 4.69) is 52.0 Å². The zero-order valence-corrected chi connectivity index (χ0v) is 15.9. The van der Waals surface area contributed by atoms with E-state index in [1.807, 2.05) is 17.5 Å². The standard InChI is InChI=1S/C21H20N4OS/c1-24-11-14(15-5-2-3-6-18(15)24)12-25-9-8-17-16(13-25)21(26)23-20(22-17)19-7-4-10-27-19/h2-7,10-11H,8-9,12-13H2,1H3,(H,22,23,26). The largest absolute Gasteiger partial charge is 0.350 e. The fourth-order valence-electron chi connectivity index (χ4n) is 3.94. The van der Waals surface area contributed by atoms with E-state index in [0.717, 1.165) is 35.6 Å². The highest BCUT2D eigenvalue weighted by molar-refractivity contribution is 7.13. The summed E-state index contributed by atoms with van der Waals surface area (Å²) in [5, 5.41) is 3.28. The second-order valence-corrected chi connectivity index (χ2v) is 8.01. The fourth-order valence-corrected chi connectivity index (χ4v) is 4.61. The van der Waals surface area contributed by atoms with Gasteiger partial charge in [0.25, 0.3) is 5.56 Å². The Hall–Kier alpha value is -2.70. The van der Waals surface area contributed by atoms with Crippen LogP contribution in [0, 0.1) is 0 Å². The number of thiophene rings is 1. The van der Waals surface area contributed by atoms with Gasteiger partial charge >= 0.3 is 0 Å². The molecule has 0 saturated heterocycles. The van der Waals surface area contributed by atoms with Crippen molar-refractivity contribution in [3.8, 4) is 10.7 Å². The Bertz CT molecular complexity index is 1170. The van der Waals surface area contributed by atoms with Crippen LogP contribution in [0.25, 0.3) is 21.6 Å². The van der Waals surface area contributed by atoms with Gasteiger partial charge in [0, 0.05) is 50.2 Å². The predicted molar refractivity (Wildman–Crippen MR) is 109 cm³/mol. The van der Waals surface area contributed by atoms with Gasteiger partial charge in [0.2, 0.25) is 0 Å². The first-order valence-corrected chi connectivity index (χ1v) is 9.98. The molecule has 1 N–H and O–H groups in total. The van der Waals surface area contributed by atoms with Crippen LogP contribution in [0.5, 0.6) is 0 Å². The maximum Gasteiger partial charge on any atom is 0.255 e. The number of fused-ring (bicyclic) bond motifs is 2. The number of para-hydroxylation sites is 1. The molecule has 5 rings (SSSR count). The van der Waals surface area contributed by atoms with Gasteiger partial charge in [0.1, 0.15) is 0 Å². The third-order valence-corrected chi connectivity index (χ3v) is 6.15. The molecular formula is C21H20N4OS. The molecule has 0 spiro atoms. The van der Waals surface area contributed by atoms with E-state index in [4.69, 9.17) is 4.98 Å². The number of hydrogen-bond donors (Lipinski definition) is 1. The minimum Gasteiger partial charge on any atom is -0.350 e. The second-order valence-electron chi connectivity index (χ2n) is 7.06. The Morgan fingerprint density at radius 1 is 1.22 bits per heavy atom. The molecule has 0 aliphatic carbocycles. The first kappa shape index (κ1) is 16.5. The van der Waals surface area contributed by atoms with Crippen molar-refractivity contribution >= 4 is 22.2 Å². The van der Waals surface area contributed by atoms with Gasteiger partial charge < -0.3 is 9.55 Å². The molecule has 0 atom stereocenters. The lowest BCUT2D eigenvalue weighted by Gasteiger charge is -2.27. The lowest BCUT2D eigenvalue weighted by molar-refractivity contribution is 0.242. The summed E-state index contributed by atoms with van der Waals surface area (Å²) in [4.78, 5) is 23.7. The number of nitrogens with zero attached hydrogens (tertiary/aromatic N) is 3. The van der Waals surface area contributed by atoms with Crippen molar-refractivity contribution in [3.05, 3.63) is 75.1 Å². The maximum absolute atomic E-state index is 12.7. The number of rotatable bonds is 3. The highest BCUT2D eigenvalue weighted by atomic mass is 32.1. The minimum atomic E-state index is -0.00832. The van der Waals surface area contributed by atoms with Crippen LogP contribution in [0.4, 0.5) is 0 Å². The van der Waals surface area contributed by atoms with Crippen LogP contribution in [0.15, 0.2) is 52.8 Å². The number of hydrogen-bond acceptors (Lipinski definition) is 4. The van der Waals surface area contributed by atoms with Crippen LogP contribution < -0.4 is 5.56 Å². The van der Waals surface area contributed by atoms with Crippen molar-refractivity contribution in [1.29, 1.82) is 0 Å². The fraction of sp³-hybridized carbons (Fsp3) is 0.238. The molecule has 27 heavy (non-hydrogen) atoms. The average molecular weight is 376 g/mol. The first-order chi connectivity index (χ1) is 13.2. The van der Waals surface area contributed by atoms with Crippen molar-refractivity contribution in [3.63, 3.8) is 0 Å². The molecule has 0 fully saturated rings. The highest BCUT2D eigenvalue weighted by Crippen LogP contribution is 2.25. The predicted octanol–water partition coefficient (Wildman–Crippen LogP) is 3.55. The smallest absolute Gasteiger partial charge is 0.255 e. The van der Waals surface area contributed by atoms with Crippen LogP contribution in [-0.4, -0.2) is 26.0 Å². The average Bonchev–Trinajstić information content (AvgIpc) is 3.32. The molecule has 0 bridgehead atoms. The summed E-state index contributed by atoms with van der Waals surface area (Å²) in [5.74, 6) is 0.691. The van der Waals surface area contributed by atoms with Crippen LogP contribution in [0.1, 0.15) is 16.8 Å². The van der Waals surface area contributed by atoms with Crippen molar-refractivity contribution in [1.82, 2.24) is 19.4 Å². The van der Waals surface area contributed by atoms with Gasteiger partial charge in [-0.3, -0.25) is 9.69 Å². The lowest BCUT2D eigenvalue weighted by Crippen LogP contribution is -2.35. The molecule has 0 radical (unpaired) electrons. The van der Waals surface area contributed by atoms with E-state index in [1.54, 1.807) is 11.3 Å². The van der Waals surface area contributed by atoms with E-state index in [9.17, 15) is 4.79 Å². The normalized spacial score (nSPS) is 14.6. The van der Waals surface area contributed by atoms with Gasteiger partial charge in [0.15, 0.2) is 5.82 Å². The first-order valence-electron chi connectivity index (χ1n) is 9.10. The SMILES string of the molecule is Cn1cc(CN2CCc3nc(-c4cccs4)[nH]c(=O)c3C2)c2ccccc21. The second kappa shape index (κ2) is 6.48. The van der Waals surface area contributed by atoms with Crippen LogP contribution >= 0.6 is 11.3 Å². The van der Waals surface area contributed by atoms with Crippen LogP contribution in [0.3, 0.4) is 0 Å². The van der Waals surface area contributed by atoms with Crippen molar-refractivity contribution in [2.24, 2.45) is 7.05 Å². The quantitative estimate of drug-likeness (QED) is 0.595. The maximum atomic E-state index is 12.7. The highest BCUT2D eigenvalue weighted by Gasteiger charge is 2.22. The number of aromatic nitrogens is 3. The molecule has 0 saturated carbocycles. The Labute approximate surface area is 160 Å². The van der Waals surface area contributed by atoms with Gasteiger partial charge in [-0.1, -0.05) is 24.3 Å². The number of nitrogens with one attached hydrogen (secondary N) is 1. The monoisotopic (exact) mass is 376 g/mol. The van der Waals surface area contributed by atoms with Gasteiger partial charge in [0.05, 0.1) is 16.1 Å². The molecule has 136 valence electrons. The topological polar surface area (TPSA) is 53.9 Å². The van der Waals surface area contributed by atoms with Crippen LogP contribution in [0.2, 0.25) is 0 Å². The van der Waals surface area contributed by atoms with Crippen LogP contribution in [-0.2, 0) is 26.6 Å². The van der Waals surface area contributed by atoms with Crippen molar-refractivity contribution < 1.29 is 0 Å². The third-order valence-electron chi connectivity index (χ3n) is 5.28. The summed E-state index contributed by atoms with van der Waals surface area (Å²) in [6.07, 6.45) is 3.00. The Morgan fingerprint density at radius 3 is 2.96 bits per heavy atom. The number of aromatic amines is 1. The van der Waals surface area contributed by atoms with Gasteiger partial charge in [-0.25, -0.2) is 4.98 Å².